The second-order valence-corrected chi connectivity index (χ2v) is 9.26. The van der Waals surface area contributed by atoms with Gasteiger partial charge in [0, 0.05) is 71.4 Å². The predicted molar refractivity (Wildman–Crippen MR) is 137 cm³/mol. The molecule has 0 aliphatic carbocycles. The summed E-state index contributed by atoms with van der Waals surface area (Å²) in [5.74, 6) is 0.738. The number of allylic oxidation sites excluding steroid dienone is 1. The molecule has 1 fully saturated rings. The number of aromatic nitrogens is 4. The lowest BCUT2D eigenvalue weighted by Crippen LogP contribution is -2.51. The van der Waals surface area contributed by atoms with Crippen molar-refractivity contribution in [2.45, 2.75) is 39.0 Å². The molecule has 4 rings (SSSR count). The summed E-state index contributed by atoms with van der Waals surface area (Å²) in [6, 6.07) is 6.74. The van der Waals surface area contributed by atoms with Gasteiger partial charge in [-0.05, 0) is 38.5 Å². The Bertz CT molecular complexity index is 1210. The number of hydrogen-bond donors (Lipinski definition) is 0. The van der Waals surface area contributed by atoms with Crippen LogP contribution in [0.3, 0.4) is 0 Å². The number of imidazole rings is 1. The number of carbonyl (C=O) groups excluding carboxylic acids is 1. The van der Waals surface area contributed by atoms with E-state index in [0.29, 0.717) is 0 Å². The smallest absolute Gasteiger partial charge is 0.175 e. The summed E-state index contributed by atoms with van der Waals surface area (Å²) < 4.78 is 7.46. The van der Waals surface area contributed by atoms with E-state index >= 15 is 0 Å². The lowest BCUT2D eigenvalue weighted by atomic mass is 10.0. The van der Waals surface area contributed by atoms with Crippen molar-refractivity contribution < 1.29 is 9.53 Å². The van der Waals surface area contributed by atoms with Crippen LogP contribution >= 0.6 is 0 Å². The second-order valence-electron chi connectivity index (χ2n) is 9.26. The Hall–Kier alpha value is -3.30. The van der Waals surface area contributed by atoms with Crippen LogP contribution in [0.2, 0.25) is 0 Å². The van der Waals surface area contributed by atoms with Crippen molar-refractivity contribution in [3.63, 3.8) is 0 Å². The van der Waals surface area contributed by atoms with Crippen LogP contribution in [0.4, 0.5) is 0 Å². The normalized spacial score (nSPS) is 19.1. The topological polar surface area (TPSA) is 79.6 Å². The molecule has 0 N–H and O–H groups in total. The first-order valence-electron chi connectivity index (χ1n) is 12.0. The summed E-state index contributed by atoms with van der Waals surface area (Å²) >= 11 is 0. The van der Waals surface area contributed by atoms with Gasteiger partial charge in [-0.3, -0.25) is 19.7 Å². The largest absolute Gasteiger partial charge is 0.375 e. The molecule has 1 saturated heterocycles. The molecule has 35 heavy (non-hydrogen) atoms. The fourth-order valence-electron chi connectivity index (χ4n) is 4.69. The zero-order valence-corrected chi connectivity index (χ0v) is 21.4. The van der Waals surface area contributed by atoms with Crippen LogP contribution in [0.15, 0.2) is 42.9 Å². The van der Waals surface area contributed by atoms with Crippen LogP contribution < -0.4 is 5.01 Å². The van der Waals surface area contributed by atoms with E-state index in [2.05, 4.69) is 45.7 Å². The minimum atomic E-state index is -0.144. The molecule has 3 atom stereocenters. The predicted octanol–water partition coefficient (Wildman–Crippen LogP) is 3.04. The van der Waals surface area contributed by atoms with Gasteiger partial charge in [-0.2, -0.15) is 0 Å². The van der Waals surface area contributed by atoms with E-state index in [1.54, 1.807) is 25.6 Å². The number of rotatable bonds is 8. The highest BCUT2D eigenvalue weighted by Crippen LogP contribution is 2.30. The number of benzene rings is 1. The molecule has 186 valence electrons. The molecule has 0 saturated carbocycles. The van der Waals surface area contributed by atoms with Crippen molar-refractivity contribution >= 4 is 23.0 Å². The number of aldehydes is 1. The van der Waals surface area contributed by atoms with E-state index in [0.717, 1.165) is 54.2 Å². The molecule has 1 aliphatic rings. The highest BCUT2D eigenvalue weighted by atomic mass is 16.5. The maximum absolute atomic E-state index is 11.7. The molecule has 9 heteroatoms. The summed E-state index contributed by atoms with van der Waals surface area (Å²) in [5.41, 5.74) is 4.69. The van der Waals surface area contributed by atoms with Crippen LogP contribution in [-0.4, -0.2) is 82.6 Å². The van der Waals surface area contributed by atoms with Gasteiger partial charge in [0.25, 0.3) is 0 Å². The van der Waals surface area contributed by atoms with Gasteiger partial charge in [0.1, 0.15) is 6.29 Å². The van der Waals surface area contributed by atoms with Crippen molar-refractivity contribution in [2.24, 2.45) is 0 Å². The lowest BCUT2D eigenvalue weighted by molar-refractivity contribution is -0.104. The van der Waals surface area contributed by atoms with E-state index < -0.39 is 0 Å². The summed E-state index contributed by atoms with van der Waals surface area (Å²) in [6.45, 7) is 8.92. The standard InChI is InChI=1S/C26H35N7O2/c1-18-16-31(19(2)21-7-8-22-23(15-21)28-11-10-27-22)12-13-32(18)25(9-14-34)26-29-24(20(3)35-6)17-33(26)30(4)5/h7-11,14-15,17-20H,12-13,16H2,1-6H3/b25-9+. The van der Waals surface area contributed by atoms with Crippen LogP contribution in [0.25, 0.3) is 16.7 Å². The van der Waals surface area contributed by atoms with Crippen molar-refractivity contribution in [3.05, 3.63) is 59.9 Å². The lowest BCUT2D eigenvalue weighted by Gasteiger charge is -2.44. The molecule has 3 aromatic rings. The average molecular weight is 478 g/mol. The molecule has 3 unspecified atom stereocenters. The van der Waals surface area contributed by atoms with Gasteiger partial charge in [0.15, 0.2) is 5.82 Å². The first kappa shape index (κ1) is 24.8. The Morgan fingerprint density at radius 1 is 1.17 bits per heavy atom. The maximum atomic E-state index is 11.7. The Labute approximate surface area is 207 Å². The molecule has 1 aliphatic heterocycles. The quantitative estimate of drug-likeness (QED) is 0.362. The molecule has 9 nitrogen and oxygen atoms in total. The van der Waals surface area contributed by atoms with Gasteiger partial charge >= 0.3 is 0 Å². The fourth-order valence-corrected chi connectivity index (χ4v) is 4.69. The van der Waals surface area contributed by atoms with Crippen molar-refractivity contribution in [2.75, 3.05) is 45.8 Å². The molecule has 0 spiro atoms. The van der Waals surface area contributed by atoms with Gasteiger partial charge in [0.2, 0.25) is 0 Å². The molecule has 2 aromatic heterocycles. The van der Waals surface area contributed by atoms with Crippen LogP contribution in [0.1, 0.15) is 50.0 Å². The fraction of sp³-hybridized carbons (Fsp3) is 0.462. The minimum absolute atomic E-state index is 0.144. The minimum Gasteiger partial charge on any atom is -0.375 e. The molecule has 1 aromatic carbocycles. The summed E-state index contributed by atoms with van der Waals surface area (Å²) in [5, 5.41) is 1.96. The van der Waals surface area contributed by atoms with Crippen LogP contribution in [0, 0.1) is 0 Å². The molecular weight excluding hydrogens is 442 g/mol. The van der Waals surface area contributed by atoms with E-state index in [-0.39, 0.29) is 18.2 Å². The number of methoxy groups -OCH3 is 1. The van der Waals surface area contributed by atoms with Gasteiger partial charge in [-0.1, -0.05) is 6.07 Å². The van der Waals surface area contributed by atoms with Gasteiger partial charge in [0.05, 0.1) is 34.7 Å². The first-order chi connectivity index (χ1) is 16.8. The van der Waals surface area contributed by atoms with Crippen LogP contribution in [-0.2, 0) is 9.53 Å². The second kappa shape index (κ2) is 10.5. The van der Waals surface area contributed by atoms with E-state index in [1.807, 2.05) is 43.0 Å². The third-order valence-corrected chi connectivity index (χ3v) is 6.85. The zero-order valence-electron chi connectivity index (χ0n) is 21.4. The molecule has 0 amide bonds. The third-order valence-electron chi connectivity index (χ3n) is 6.85. The Balaban J connectivity index is 1.57. The Kier molecular flexibility index (Phi) is 7.47. The first-order valence-corrected chi connectivity index (χ1v) is 12.0. The number of ether oxygens (including phenoxy) is 1. The number of nitrogens with zero attached hydrogens (tertiary/aromatic N) is 7. The van der Waals surface area contributed by atoms with Crippen molar-refractivity contribution in [3.8, 4) is 0 Å². The van der Waals surface area contributed by atoms with Gasteiger partial charge in [-0.25, -0.2) is 9.66 Å². The van der Waals surface area contributed by atoms with Crippen molar-refractivity contribution in [1.82, 2.24) is 29.4 Å². The highest BCUT2D eigenvalue weighted by Gasteiger charge is 2.31. The number of hydrogen-bond acceptors (Lipinski definition) is 8. The number of fused-ring (bicyclic) bond motifs is 1. The van der Waals surface area contributed by atoms with E-state index in [9.17, 15) is 4.79 Å². The van der Waals surface area contributed by atoms with Crippen LogP contribution in [0.5, 0.6) is 0 Å². The van der Waals surface area contributed by atoms with Gasteiger partial charge in [-0.15, -0.1) is 0 Å². The van der Waals surface area contributed by atoms with E-state index in [4.69, 9.17) is 9.72 Å². The average Bonchev–Trinajstić information content (AvgIpc) is 3.32. The number of carbonyl (C=O) groups is 1. The molecule has 3 heterocycles. The summed E-state index contributed by atoms with van der Waals surface area (Å²) in [4.78, 5) is 30.2. The Morgan fingerprint density at radius 3 is 2.57 bits per heavy atom. The zero-order chi connectivity index (χ0) is 25.1. The maximum Gasteiger partial charge on any atom is 0.175 e. The van der Waals surface area contributed by atoms with E-state index in [1.165, 1.54) is 5.56 Å². The molecule has 0 radical (unpaired) electrons. The monoisotopic (exact) mass is 477 g/mol. The SMILES string of the molecule is COC(C)c1cn(N(C)C)c(/C(=C\C=O)N2CCN(C(C)c3ccc4nccnc4c3)CC2C)n1. The Morgan fingerprint density at radius 2 is 1.91 bits per heavy atom. The molecule has 0 bridgehead atoms. The number of piperazine rings is 1. The third kappa shape index (κ3) is 5.06. The summed E-state index contributed by atoms with van der Waals surface area (Å²) in [7, 11) is 5.59. The highest BCUT2D eigenvalue weighted by molar-refractivity contribution is 5.79. The molecular formula is C26H35N7O2. The van der Waals surface area contributed by atoms with Crippen molar-refractivity contribution in [1.29, 1.82) is 0 Å². The summed E-state index contributed by atoms with van der Waals surface area (Å²) in [6.07, 6.45) is 7.75. The van der Waals surface area contributed by atoms with Gasteiger partial charge < -0.3 is 14.6 Å².